The van der Waals surface area contributed by atoms with Crippen molar-refractivity contribution in [3.8, 4) is 11.5 Å². The number of benzene rings is 1. The van der Waals surface area contributed by atoms with Crippen LogP contribution < -0.4 is 5.63 Å². The summed E-state index contributed by atoms with van der Waals surface area (Å²) in [5.74, 6) is -1.43. The smallest absolute Gasteiger partial charge is 0.348 e. The number of rotatable bonds is 4. The first-order valence-corrected chi connectivity index (χ1v) is 6.12. The lowest BCUT2D eigenvalue weighted by Crippen LogP contribution is -2.11. The summed E-state index contributed by atoms with van der Waals surface area (Å²) < 4.78 is 4.98. The molecule has 7 nitrogen and oxygen atoms in total. The Hall–Kier alpha value is -2.83. The molecule has 0 aliphatic rings. The van der Waals surface area contributed by atoms with Crippen molar-refractivity contribution in [1.82, 2.24) is 0 Å². The zero-order valence-electron chi connectivity index (χ0n) is 11.1. The number of hydrogen-bond acceptors (Lipinski definition) is 6. The maximum absolute atomic E-state index is 11.8. The molecule has 0 saturated heterocycles. The summed E-state index contributed by atoms with van der Waals surface area (Å²) in [6.07, 6.45) is 0.908. The molecule has 1 aromatic carbocycles. The van der Waals surface area contributed by atoms with Gasteiger partial charge in [-0.25, -0.2) is 4.79 Å². The van der Waals surface area contributed by atoms with E-state index in [4.69, 9.17) is 9.52 Å². The van der Waals surface area contributed by atoms with Gasteiger partial charge in [0.2, 0.25) is 0 Å². The highest BCUT2D eigenvalue weighted by Crippen LogP contribution is 2.28. The molecule has 21 heavy (non-hydrogen) atoms. The normalized spacial score (nSPS) is 12.8. The summed E-state index contributed by atoms with van der Waals surface area (Å²) in [5, 5.41) is 28.3. The fourth-order valence-electron chi connectivity index (χ4n) is 1.81. The molecule has 0 amide bonds. The Morgan fingerprint density at radius 3 is 2.81 bits per heavy atom. The number of aliphatic carboxylic acids is 1. The van der Waals surface area contributed by atoms with Crippen LogP contribution in [0.1, 0.15) is 18.9 Å². The maximum Gasteiger partial charge on any atom is 0.348 e. The van der Waals surface area contributed by atoms with E-state index in [0.29, 0.717) is 0 Å². The van der Waals surface area contributed by atoms with Crippen molar-refractivity contribution >= 4 is 23.2 Å². The molecule has 7 heteroatoms. The summed E-state index contributed by atoms with van der Waals surface area (Å²) >= 11 is 0. The zero-order chi connectivity index (χ0) is 15.6. The number of phenols is 1. The van der Waals surface area contributed by atoms with Crippen LogP contribution in [0, 0.1) is 0 Å². The van der Waals surface area contributed by atoms with E-state index in [1.54, 1.807) is 6.92 Å². The molecule has 0 saturated carbocycles. The third kappa shape index (κ3) is 3.19. The lowest BCUT2D eigenvalue weighted by molar-refractivity contribution is -0.137. The summed E-state index contributed by atoms with van der Waals surface area (Å²) in [6, 6.07) is 3.42. The molecule has 1 heterocycles. The molecule has 110 valence electrons. The highest BCUT2D eigenvalue weighted by atomic mass is 16.4. The predicted molar refractivity (Wildman–Crippen MR) is 75.1 cm³/mol. The molecule has 2 aromatic rings. The van der Waals surface area contributed by atoms with Gasteiger partial charge in [-0.15, -0.1) is 0 Å². The molecule has 0 bridgehead atoms. The van der Waals surface area contributed by atoms with Crippen LogP contribution in [-0.4, -0.2) is 33.5 Å². The van der Waals surface area contributed by atoms with Gasteiger partial charge >= 0.3 is 11.6 Å². The highest BCUT2D eigenvalue weighted by molar-refractivity contribution is 5.94. The number of hydrogen-bond donors (Lipinski definition) is 3. The van der Waals surface area contributed by atoms with Gasteiger partial charge in [0.1, 0.15) is 22.6 Å². The minimum absolute atomic E-state index is 0.0493. The number of carbonyl (C=O) groups is 1. The maximum atomic E-state index is 11.8. The van der Waals surface area contributed by atoms with E-state index >= 15 is 0 Å². The van der Waals surface area contributed by atoms with E-state index in [9.17, 15) is 19.8 Å². The number of aliphatic imine (C=N–C) groups is 1. The Morgan fingerprint density at radius 1 is 1.43 bits per heavy atom. The fourth-order valence-corrected chi connectivity index (χ4v) is 1.81. The zero-order valence-corrected chi connectivity index (χ0v) is 11.1. The second-order valence-corrected chi connectivity index (χ2v) is 4.56. The van der Waals surface area contributed by atoms with E-state index in [1.165, 1.54) is 18.2 Å². The summed E-state index contributed by atoms with van der Waals surface area (Å²) in [7, 11) is 0. The summed E-state index contributed by atoms with van der Waals surface area (Å²) in [4.78, 5) is 26.2. The van der Waals surface area contributed by atoms with Crippen molar-refractivity contribution in [2.75, 3.05) is 0 Å². The average molecular weight is 291 g/mol. The first-order valence-electron chi connectivity index (χ1n) is 6.12. The van der Waals surface area contributed by atoms with E-state index in [1.807, 2.05) is 0 Å². The fraction of sp³-hybridized carbons (Fsp3) is 0.214. The quantitative estimate of drug-likeness (QED) is 0.579. The van der Waals surface area contributed by atoms with Gasteiger partial charge in [-0.2, -0.15) is 0 Å². The third-order valence-corrected chi connectivity index (χ3v) is 2.83. The summed E-state index contributed by atoms with van der Waals surface area (Å²) in [5.41, 5.74) is -0.935. The van der Waals surface area contributed by atoms with Gasteiger partial charge in [0.05, 0.1) is 17.8 Å². The number of carboxylic acid groups (broad SMARTS) is 1. The van der Waals surface area contributed by atoms with Crippen LogP contribution in [0.2, 0.25) is 0 Å². The monoisotopic (exact) mass is 291 g/mol. The van der Waals surface area contributed by atoms with Crippen molar-refractivity contribution in [3.05, 3.63) is 34.2 Å². The molecule has 1 atom stereocenters. The van der Waals surface area contributed by atoms with Crippen molar-refractivity contribution in [2.45, 2.75) is 19.4 Å². The topological polar surface area (TPSA) is 120 Å². The molecule has 3 N–H and O–H groups in total. The number of carboxylic acids is 1. The second kappa shape index (κ2) is 5.66. The first-order chi connectivity index (χ1) is 9.88. The minimum Gasteiger partial charge on any atom is -0.508 e. The largest absolute Gasteiger partial charge is 0.508 e. The van der Waals surface area contributed by atoms with E-state index < -0.39 is 17.6 Å². The standard InChI is InChI=1S/C14H13NO6/c1-7(4-12(17)18)15-6-10-13(19)9-3-2-8(16)5-11(9)21-14(10)20/h2-3,5-7,16,19H,4H2,1H3,(H,17,18). The Kier molecular flexibility index (Phi) is 3.93. The van der Waals surface area contributed by atoms with Gasteiger partial charge in [-0.1, -0.05) is 0 Å². The van der Waals surface area contributed by atoms with Crippen LogP contribution >= 0.6 is 0 Å². The van der Waals surface area contributed by atoms with Crippen molar-refractivity contribution < 1.29 is 24.5 Å². The van der Waals surface area contributed by atoms with Crippen LogP contribution in [-0.2, 0) is 4.79 Å². The lowest BCUT2D eigenvalue weighted by atomic mass is 10.1. The Morgan fingerprint density at radius 2 is 2.14 bits per heavy atom. The van der Waals surface area contributed by atoms with Crippen molar-refractivity contribution in [3.63, 3.8) is 0 Å². The third-order valence-electron chi connectivity index (χ3n) is 2.83. The van der Waals surface area contributed by atoms with Crippen LogP contribution in [0.3, 0.4) is 0 Å². The molecule has 1 aromatic heterocycles. The molecule has 0 aliphatic carbocycles. The van der Waals surface area contributed by atoms with Gasteiger partial charge in [0, 0.05) is 12.3 Å². The van der Waals surface area contributed by atoms with E-state index in [0.717, 1.165) is 6.21 Å². The predicted octanol–water partition coefficient (Wildman–Crippen LogP) is 1.49. The molecule has 1 unspecified atom stereocenters. The Balaban J connectivity index is 2.45. The van der Waals surface area contributed by atoms with Gasteiger partial charge in [0.25, 0.3) is 0 Å². The number of aromatic hydroxyl groups is 2. The number of nitrogens with zero attached hydrogens (tertiary/aromatic N) is 1. The molecule has 0 aliphatic heterocycles. The van der Waals surface area contributed by atoms with Crippen LogP contribution in [0.5, 0.6) is 11.5 Å². The van der Waals surface area contributed by atoms with Crippen molar-refractivity contribution in [2.24, 2.45) is 4.99 Å². The molecule has 0 fully saturated rings. The van der Waals surface area contributed by atoms with Gasteiger partial charge in [-0.05, 0) is 19.1 Å². The van der Waals surface area contributed by atoms with Gasteiger partial charge < -0.3 is 19.7 Å². The van der Waals surface area contributed by atoms with Crippen LogP contribution in [0.15, 0.2) is 32.4 Å². The first kappa shape index (κ1) is 14.6. The Bertz CT molecular complexity index is 777. The number of phenolic OH excluding ortho intramolecular Hbond substituents is 1. The SMILES string of the molecule is CC(CC(=O)O)N=Cc1c(O)c2ccc(O)cc2oc1=O. The van der Waals surface area contributed by atoms with Crippen LogP contribution in [0.25, 0.3) is 11.0 Å². The molecule has 0 radical (unpaired) electrons. The second-order valence-electron chi connectivity index (χ2n) is 4.56. The molecular formula is C14H13NO6. The Labute approximate surface area is 118 Å². The lowest BCUT2D eigenvalue weighted by Gasteiger charge is -2.04. The van der Waals surface area contributed by atoms with Crippen LogP contribution in [0.4, 0.5) is 0 Å². The molecular weight excluding hydrogens is 278 g/mol. The van der Waals surface area contributed by atoms with E-state index in [-0.39, 0.29) is 34.5 Å². The average Bonchev–Trinajstić information content (AvgIpc) is 2.36. The van der Waals surface area contributed by atoms with Gasteiger partial charge in [0.15, 0.2) is 0 Å². The van der Waals surface area contributed by atoms with Gasteiger partial charge in [-0.3, -0.25) is 9.79 Å². The summed E-state index contributed by atoms with van der Waals surface area (Å²) in [6.45, 7) is 1.57. The van der Waals surface area contributed by atoms with Crippen molar-refractivity contribution in [1.29, 1.82) is 0 Å². The molecule has 2 rings (SSSR count). The minimum atomic E-state index is -1.01. The highest BCUT2D eigenvalue weighted by Gasteiger charge is 2.13. The van der Waals surface area contributed by atoms with E-state index in [2.05, 4.69) is 4.99 Å². The number of fused-ring (bicyclic) bond motifs is 1. The molecule has 0 spiro atoms.